The summed E-state index contributed by atoms with van der Waals surface area (Å²) in [4.78, 5) is 11.7. The molecule has 4 aliphatic rings. The minimum atomic E-state index is -3.72. The van der Waals surface area contributed by atoms with E-state index in [4.69, 9.17) is 4.98 Å². The highest BCUT2D eigenvalue weighted by Crippen LogP contribution is 2.79. The summed E-state index contributed by atoms with van der Waals surface area (Å²) in [6.07, 6.45) is 10.9. The zero-order valence-corrected chi connectivity index (χ0v) is 26.0. The van der Waals surface area contributed by atoms with Gasteiger partial charge in [0.1, 0.15) is 17.1 Å². The van der Waals surface area contributed by atoms with Crippen molar-refractivity contribution in [1.29, 1.82) is 5.41 Å². The number of pyridine rings is 1. The Bertz CT molecular complexity index is 1910. The van der Waals surface area contributed by atoms with Crippen LogP contribution in [0.15, 0.2) is 71.7 Å². The average molecular weight is 609 g/mol. The number of H-pyrrole nitrogens is 1. The molecule has 0 bridgehead atoms. The van der Waals surface area contributed by atoms with Crippen LogP contribution in [0.25, 0.3) is 22.4 Å². The Morgan fingerprint density at radius 1 is 1.05 bits per heavy atom. The first-order valence-electron chi connectivity index (χ1n) is 15.4. The number of likely N-dealkylation sites (tertiary alicyclic amines) is 1. The largest absolute Gasteiger partial charge is 0.289 e. The second-order valence-electron chi connectivity index (χ2n) is 13.3. The highest BCUT2D eigenvalue weighted by Gasteiger charge is 2.80. The van der Waals surface area contributed by atoms with E-state index in [0.29, 0.717) is 18.5 Å². The van der Waals surface area contributed by atoms with E-state index in [2.05, 4.69) is 39.0 Å². The first-order chi connectivity index (χ1) is 21.1. The standard InChI is InChI=1S/C33H36N8O2S/c1-20-9-11-24(32(2)15-27-33(32)14-13-26(33)40(27)18-28-36-19-37-39-28)30(44(3,42)43)31(34)41-29(20)23(17-38-41)22-10-12-25(35-16-22)21-7-5-4-6-8-21/h4-8,10,12,16-17,19-20,26-27,34H,9,11,13-15,18H2,1-3H3,(H,36,37,39)/b30-24-,34-31?. The maximum Gasteiger partial charge on any atom is 0.179 e. The normalized spacial score (nSPS) is 31.4. The predicted molar refractivity (Wildman–Crippen MR) is 167 cm³/mol. The molecule has 3 fully saturated rings. The molecule has 5 atom stereocenters. The highest BCUT2D eigenvalue weighted by molar-refractivity contribution is 7.95. The zero-order valence-electron chi connectivity index (χ0n) is 25.2. The molecule has 3 aromatic heterocycles. The van der Waals surface area contributed by atoms with Gasteiger partial charge >= 0.3 is 0 Å². The van der Waals surface area contributed by atoms with Crippen molar-refractivity contribution in [2.24, 2.45) is 10.8 Å². The number of rotatable bonds is 6. The lowest BCUT2D eigenvalue weighted by atomic mass is 9.30. The van der Waals surface area contributed by atoms with Crippen molar-refractivity contribution < 1.29 is 8.42 Å². The molecule has 5 heterocycles. The number of piperidine rings is 2. The van der Waals surface area contributed by atoms with E-state index >= 15 is 0 Å². The fraction of sp³-hybridized carbons (Fsp3) is 0.424. The molecule has 0 amide bonds. The second-order valence-corrected chi connectivity index (χ2v) is 15.2. The van der Waals surface area contributed by atoms with Gasteiger partial charge in [-0.1, -0.05) is 50.2 Å². The van der Waals surface area contributed by atoms with Gasteiger partial charge in [-0.15, -0.1) is 0 Å². The number of allylic oxidation sites excluding steroid dienone is 2. The van der Waals surface area contributed by atoms with Crippen LogP contribution in [0.5, 0.6) is 0 Å². The second kappa shape index (κ2) is 9.52. The topological polar surface area (TPSA) is 134 Å². The van der Waals surface area contributed by atoms with Gasteiger partial charge in [-0.25, -0.2) is 18.1 Å². The van der Waals surface area contributed by atoms with Crippen molar-refractivity contribution in [2.75, 3.05) is 6.26 Å². The lowest BCUT2D eigenvalue weighted by Crippen LogP contribution is -2.88. The number of aromatic amines is 1. The number of fused-ring (bicyclic) bond motifs is 1. The molecule has 226 valence electrons. The molecule has 0 radical (unpaired) electrons. The van der Waals surface area contributed by atoms with Crippen LogP contribution in [0.4, 0.5) is 0 Å². The monoisotopic (exact) mass is 608 g/mol. The number of sulfone groups is 1. The van der Waals surface area contributed by atoms with E-state index in [1.807, 2.05) is 48.7 Å². The van der Waals surface area contributed by atoms with Gasteiger partial charge in [-0.05, 0) is 49.7 Å². The third kappa shape index (κ3) is 3.68. The fourth-order valence-corrected chi connectivity index (χ4v) is 10.3. The van der Waals surface area contributed by atoms with Crippen LogP contribution in [-0.2, 0) is 16.4 Å². The van der Waals surface area contributed by atoms with Gasteiger partial charge in [0.15, 0.2) is 15.7 Å². The lowest BCUT2D eigenvalue weighted by molar-refractivity contribution is -0.333. The Kier molecular flexibility index (Phi) is 5.97. The van der Waals surface area contributed by atoms with Crippen LogP contribution >= 0.6 is 0 Å². The van der Waals surface area contributed by atoms with Gasteiger partial charge in [-0.3, -0.25) is 20.4 Å². The molecule has 5 unspecified atom stereocenters. The van der Waals surface area contributed by atoms with Crippen molar-refractivity contribution in [2.45, 2.75) is 70.5 Å². The molecule has 2 saturated carbocycles. The van der Waals surface area contributed by atoms with Gasteiger partial charge in [0, 0.05) is 52.1 Å². The van der Waals surface area contributed by atoms with Crippen LogP contribution in [0.2, 0.25) is 0 Å². The van der Waals surface area contributed by atoms with E-state index in [1.165, 1.54) is 6.26 Å². The Balaban J connectivity index is 1.16. The van der Waals surface area contributed by atoms with Crippen LogP contribution in [0, 0.1) is 16.2 Å². The van der Waals surface area contributed by atoms with E-state index in [0.717, 1.165) is 71.7 Å². The molecule has 44 heavy (non-hydrogen) atoms. The summed E-state index contributed by atoms with van der Waals surface area (Å²) in [5.74, 6) is 0.888. The molecule has 1 aromatic carbocycles. The summed E-state index contributed by atoms with van der Waals surface area (Å²) in [5, 5.41) is 21.1. The number of hydrogen-bond acceptors (Lipinski definition) is 8. The van der Waals surface area contributed by atoms with Crippen molar-refractivity contribution >= 4 is 15.7 Å². The zero-order chi connectivity index (χ0) is 30.4. The summed E-state index contributed by atoms with van der Waals surface area (Å²) in [7, 11) is -3.72. The maximum atomic E-state index is 13.6. The average Bonchev–Trinajstić information content (AvgIpc) is 3.66. The molecule has 10 nitrogen and oxygen atoms in total. The summed E-state index contributed by atoms with van der Waals surface area (Å²) >= 11 is 0. The molecule has 8 rings (SSSR count). The quantitative estimate of drug-likeness (QED) is 0.308. The number of benzene rings is 1. The van der Waals surface area contributed by atoms with Crippen molar-refractivity contribution in [3.05, 3.63) is 83.2 Å². The molecule has 11 heteroatoms. The molecule has 2 N–H and O–H groups in total. The number of nitrogens with zero attached hydrogens (tertiary/aromatic N) is 6. The summed E-state index contributed by atoms with van der Waals surface area (Å²) in [6, 6.07) is 14.9. The Morgan fingerprint density at radius 3 is 2.50 bits per heavy atom. The van der Waals surface area contributed by atoms with Gasteiger partial charge in [0.05, 0.1) is 24.1 Å². The number of hydrogen-bond donors (Lipinski definition) is 2. The Morgan fingerprint density at radius 2 is 1.86 bits per heavy atom. The Labute approximate surface area is 257 Å². The van der Waals surface area contributed by atoms with Crippen molar-refractivity contribution in [1.82, 2.24) is 34.8 Å². The van der Waals surface area contributed by atoms with Gasteiger partial charge in [-0.2, -0.15) is 10.2 Å². The third-order valence-corrected chi connectivity index (χ3v) is 12.4. The summed E-state index contributed by atoms with van der Waals surface area (Å²) in [6.45, 7) is 5.16. The van der Waals surface area contributed by atoms with Crippen molar-refractivity contribution in [3.63, 3.8) is 0 Å². The summed E-state index contributed by atoms with van der Waals surface area (Å²) < 4.78 is 28.8. The van der Waals surface area contributed by atoms with E-state index in [9.17, 15) is 13.8 Å². The van der Waals surface area contributed by atoms with Gasteiger partial charge in [0.2, 0.25) is 0 Å². The maximum absolute atomic E-state index is 13.6. The molecule has 4 aromatic rings. The first-order valence-corrected chi connectivity index (χ1v) is 17.3. The lowest BCUT2D eigenvalue weighted by Gasteiger charge is -2.84. The van der Waals surface area contributed by atoms with Crippen LogP contribution in [0.3, 0.4) is 0 Å². The number of aromatic nitrogens is 6. The van der Waals surface area contributed by atoms with Crippen LogP contribution in [-0.4, -0.2) is 67.4 Å². The third-order valence-electron chi connectivity index (χ3n) is 11.2. The van der Waals surface area contributed by atoms with Crippen LogP contribution in [0.1, 0.15) is 63.4 Å². The van der Waals surface area contributed by atoms with E-state index in [-0.39, 0.29) is 27.5 Å². The predicted octanol–water partition coefficient (Wildman–Crippen LogP) is 5.19. The smallest absolute Gasteiger partial charge is 0.179 e. The minimum Gasteiger partial charge on any atom is -0.289 e. The molecule has 1 spiro atoms. The fourth-order valence-electron chi connectivity index (χ4n) is 9.07. The molecular formula is C33H36N8O2S. The van der Waals surface area contributed by atoms with Crippen LogP contribution < -0.4 is 0 Å². The van der Waals surface area contributed by atoms with Crippen molar-refractivity contribution in [3.8, 4) is 22.4 Å². The SMILES string of the molecule is CC1CC/C(C2(C)CC3N(Cc4ncn[nH]4)C4CCC432)=C(/S(C)(=O)=O)C(=N)n2ncc(-c3ccc(-c4ccccc4)nc3)c21. The molecule has 2 aliphatic carbocycles. The van der Waals surface area contributed by atoms with Gasteiger partial charge in [0.25, 0.3) is 0 Å². The van der Waals surface area contributed by atoms with E-state index < -0.39 is 9.84 Å². The highest BCUT2D eigenvalue weighted by atomic mass is 32.2. The first kappa shape index (κ1) is 27.6. The molecular weight excluding hydrogens is 572 g/mol. The number of nitrogens with one attached hydrogen (secondary N) is 2. The molecule has 1 saturated heterocycles. The Hall–Kier alpha value is -3.96. The summed E-state index contributed by atoms with van der Waals surface area (Å²) in [5.41, 5.74) is 5.27. The molecule has 2 aliphatic heterocycles. The van der Waals surface area contributed by atoms with Gasteiger partial charge < -0.3 is 0 Å². The van der Waals surface area contributed by atoms with E-state index in [1.54, 1.807) is 17.2 Å². The minimum absolute atomic E-state index is 0.0426.